The number of benzene rings is 1. The standard InChI is InChI=1S/C23H34BFN2O5/c1-15-13-16(24-31-22(5,6)23(7,8)32-24)14-17(25)18(15)19(28)26-9-11-27(12-10-26)20(29)30-21(2,3)4/h13-14H,9-12H2,1-8H3. The van der Waals surface area contributed by atoms with Crippen molar-refractivity contribution in [1.82, 2.24) is 9.80 Å². The number of amides is 2. The summed E-state index contributed by atoms with van der Waals surface area (Å²) in [4.78, 5) is 28.5. The monoisotopic (exact) mass is 448 g/mol. The van der Waals surface area contributed by atoms with Gasteiger partial charge >= 0.3 is 13.2 Å². The summed E-state index contributed by atoms with van der Waals surface area (Å²) in [5.41, 5.74) is -0.548. The molecule has 2 aliphatic rings. The van der Waals surface area contributed by atoms with Gasteiger partial charge in [0.15, 0.2) is 0 Å². The Morgan fingerprint density at radius 2 is 1.50 bits per heavy atom. The quantitative estimate of drug-likeness (QED) is 0.651. The number of hydrogen-bond acceptors (Lipinski definition) is 5. The molecule has 9 heteroatoms. The lowest BCUT2D eigenvalue weighted by Crippen LogP contribution is -2.52. The van der Waals surface area contributed by atoms with Crippen LogP contribution in [0.3, 0.4) is 0 Å². The molecule has 1 aromatic carbocycles. The van der Waals surface area contributed by atoms with Gasteiger partial charge in [-0.05, 0) is 72.5 Å². The maximum absolute atomic E-state index is 15.1. The third kappa shape index (κ3) is 4.93. The van der Waals surface area contributed by atoms with E-state index in [9.17, 15) is 9.59 Å². The number of halogens is 1. The molecule has 0 atom stereocenters. The topological polar surface area (TPSA) is 68.3 Å². The van der Waals surface area contributed by atoms with Gasteiger partial charge in [0.25, 0.3) is 5.91 Å². The van der Waals surface area contributed by atoms with E-state index >= 15 is 4.39 Å². The van der Waals surface area contributed by atoms with Gasteiger partial charge in [-0.15, -0.1) is 0 Å². The van der Waals surface area contributed by atoms with E-state index in [0.29, 0.717) is 37.2 Å². The molecule has 2 saturated heterocycles. The number of aryl methyl sites for hydroxylation is 1. The fourth-order valence-corrected chi connectivity index (χ4v) is 3.73. The lowest BCUT2D eigenvalue weighted by molar-refractivity contribution is 0.00578. The molecule has 176 valence electrons. The maximum Gasteiger partial charge on any atom is 0.494 e. The number of rotatable bonds is 2. The first-order valence-corrected chi connectivity index (χ1v) is 11.0. The van der Waals surface area contributed by atoms with Gasteiger partial charge in [-0.3, -0.25) is 4.79 Å². The molecule has 3 rings (SSSR count). The largest absolute Gasteiger partial charge is 0.494 e. The molecule has 0 N–H and O–H groups in total. The summed E-state index contributed by atoms with van der Waals surface area (Å²) in [7, 11) is -0.699. The molecule has 2 aliphatic heterocycles. The summed E-state index contributed by atoms with van der Waals surface area (Å²) >= 11 is 0. The van der Waals surface area contributed by atoms with E-state index in [1.165, 1.54) is 6.07 Å². The van der Waals surface area contributed by atoms with Crippen LogP contribution in [0.15, 0.2) is 12.1 Å². The molecule has 2 fully saturated rings. The van der Waals surface area contributed by atoms with E-state index in [0.717, 1.165) is 0 Å². The molecule has 0 aromatic heterocycles. The van der Waals surface area contributed by atoms with Gasteiger partial charge < -0.3 is 23.8 Å². The second kappa shape index (κ2) is 8.34. The zero-order valence-electron chi connectivity index (χ0n) is 20.4. The van der Waals surface area contributed by atoms with Crippen LogP contribution in [0, 0.1) is 12.7 Å². The maximum atomic E-state index is 15.1. The van der Waals surface area contributed by atoms with Crippen molar-refractivity contribution in [3.63, 3.8) is 0 Å². The smallest absolute Gasteiger partial charge is 0.444 e. The van der Waals surface area contributed by atoms with Crippen LogP contribution < -0.4 is 5.46 Å². The van der Waals surface area contributed by atoms with Crippen LogP contribution in [0.4, 0.5) is 9.18 Å². The minimum absolute atomic E-state index is 0.0379. The number of carbonyl (C=O) groups excluding carboxylic acids is 2. The van der Waals surface area contributed by atoms with E-state index in [1.54, 1.807) is 22.8 Å². The van der Waals surface area contributed by atoms with E-state index in [1.807, 2.05) is 48.5 Å². The molecule has 0 radical (unpaired) electrons. The molecule has 32 heavy (non-hydrogen) atoms. The van der Waals surface area contributed by atoms with Gasteiger partial charge in [0.1, 0.15) is 11.4 Å². The van der Waals surface area contributed by atoms with E-state index < -0.39 is 35.8 Å². The number of piperazine rings is 1. The predicted molar refractivity (Wildman–Crippen MR) is 121 cm³/mol. The second-order valence-electron chi connectivity index (χ2n) is 10.5. The van der Waals surface area contributed by atoms with E-state index in [-0.39, 0.29) is 11.5 Å². The highest BCUT2D eigenvalue weighted by Gasteiger charge is 2.52. The van der Waals surface area contributed by atoms with Crippen LogP contribution >= 0.6 is 0 Å². The highest BCUT2D eigenvalue weighted by Crippen LogP contribution is 2.36. The van der Waals surface area contributed by atoms with Gasteiger partial charge in [0.2, 0.25) is 0 Å². The van der Waals surface area contributed by atoms with Crippen LogP contribution in [0.5, 0.6) is 0 Å². The second-order valence-corrected chi connectivity index (χ2v) is 10.5. The first-order valence-electron chi connectivity index (χ1n) is 11.0. The molecule has 0 unspecified atom stereocenters. The van der Waals surface area contributed by atoms with Crippen molar-refractivity contribution in [2.45, 2.75) is 72.2 Å². The number of nitrogens with zero attached hydrogens (tertiary/aromatic N) is 2. The molecular weight excluding hydrogens is 414 g/mol. The fourth-order valence-electron chi connectivity index (χ4n) is 3.73. The highest BCUT2D eigenvalue weighted by atomic mass is 19.1. The number of hydrogen-bond donors (Lipinski definition) is 0. The summed E-state index contributed by atoms with van der Waals surface area (Å²) in [5, 5.41) is 0. The van der Waals surface area contributed by atoms with Gasteiger partial charge in [-0.25, -0.2) is 9.18 Å². The molecular formula is C23H34BFN2O5. The zero-order chi connectivity index (χ0) is 24.1. The SMILES string of the molecule is Cc1cc(B2OC(C)(C)C(C)(C)O2)cc(F)c1C(=O)N1CCN(C(=O)OC(C)(C)C)CC1. The predicted octanol–water partition coefficient (Wildman–Crippen LogP) is 3.13. The van der Waals surface area contributed by atoms with Crippen LogP contribution in [-0.2, 0) is 14.0 Å². The lowest BCUT2D eigenvalue weighted by Gasteiger charge is -2.35. The Bertz CT molecular complexity index is 865. The van der Waals surface area contributed by atoms with Gasteiger partial charge in [0, 0.05) is 26.2 Å². The molecule has 2 heterocycles. The van der Waals surface area contributed by atoms with Gasteiger partial charge in [0.05, 0.1) is 16.8 Å². The van der Waals surface area contributed by atoms with Crippen molar-refractivity contribution in [3.05, 3.63) is 29.1 Å². The summed E-state index contributed by atoms with van der Waals surface area (Å²) < 4.78 is 32.5. The van der Waals surface area contributed by atoms with Crippen molar-refractivity contribution < 1.29 is 28.0 Å². The van der Waals surface area contributed by atoms with Crippen molar-refractivity contribution in [1.29, 1.82) is 0 Å². The van der Waals surface area contributed by atoms with Crippen molar-refractivity contribution in [3.8, 4) is 0 Å². The molecule has 2 amide bonds. The first-order chi connectivity index (χ1) is 14.6. The average molecular weight is 448 g/mol. The molecule has 0 spiro atoms. The Morgan fingerprint density at radius 3 is 1.97 bits per heavy atom. The van der Waals surface area contributed by atoms with Crippen LogP contribution in [-0.4, -0.2) is 71.9 Å². The molecule has 7 nitrogen and oxygen atoms in total. The minimum Gasteiger partial charge on any atom is -0.444 e. The lowest BCUT2D eigenvalue weighted by atomic mass is 9.77. The summed E-state index contributed by atoms with van der Waals surface area (Å²) in [6.07, 6.45) is -0.404. The third-order valence-electron chi connectivity index (χ3n) is 6.27. The van der Waals surface area contributed by atoms with Crippen molar-refractivity contribution in [2.24, 2.45) is 0 Å². The minimum atomic E-state index is -0.699. The summed E-state index contributed by atoms with van der Waals surface area (Å²) in [6, 6.07) is 3.06. The molecule has 0 aliphatic carbocycles. The zero-order valence-corrected chi connectivity index (χ0v) is 20.4. The van der Waals surface area contributed by atoms with Crippen molar-refractivity contribution >= 4 is 24.6 Å². The Balaban J connectivity index is 1.70. The number of ether oxygens (including phenoxy) is 1. The van der Waals surface area contributed by atoms with Gasteiger partial charge in [-0.2, -0.15) is 0 Å². The van der Waals surface area contributed by atoms with Crippen LogP contribution in [0.25, 0.3) is 0 Å². The molecule has 0 saturated carbocycles. The Morgan fingerprint density at radius 1 is 1.00 bits per heavy atom. The van der Waals surface area contributed by atoms with Crippen LogP contribution in [0.1, 0.15) is 64.4 Å². The Labute approximate surface area is 190 Å². The van der Waals surface area contributed by atoms with Crippen molar-refractivity contribution in [2.75, 3.05) is 26.2 Å². The van der Waals surface area contributed by atoms with E-state index in [2.05, 4.69) is 0 Å². The summed E-state index contributed by atoms with van der Waals surface area (Å²) in [6.45, 7) is 16.2. The Hall–Kier alpha value is -2.13. The summed E-state index contributed by atoms with van der Waals surface area (Å²) in [5.74, 6) is -0.987. The average Bonchev–Trinajstić information content (AvgIpc) is 2.87. The first kappa shape index (κ1) is 24.5. The van der Waals surface area contributed by atoms with Crippen LogP contribution in [0.2, 0.25) is 0 Å². The fraction of sp³-hybridized carbons (Fsp3) is 0.652. The van der Waals surface area contributed by atoms with E-state index in [4.69, 9.17) is 14.0 Å². The molecule has 0 bridgehead atoms. The van der Waals surface area contributed by atoms with Gasteiger partial charge in [-0.1, -0.05) is 6.07 Å². The highest BCUT2D eigenvalue weighted by molar-refractivity contribution is 6.62. The number of carbonyl (C=O) groups is 2. The normalized spacial score (nSPS) is 20.5. The Kier molecular flexibility index (Phi) is 6.39. The third-order valence-corrected chi connectivity index (χ3v) is 6.27. The molecule has 1 aromatic rings.